The van der Waals surface area contributed by atoms with E-state index in [0.717, 1.165) is 5.56 Å². The fourth-order valence-electron chi connectivity index (χ4n) is 0.914. The number of rotatable bonds is 1. The molecule has 1 heterocycles. The molecule has 0 spiro atoms. The lowest BCUT2D eigenvalue weighted by Gasteiger charge is -1.93. The second-order valence-corrected chi connectivity index (χ2v) is 2.40. The third-order valence-electron chi connectivity index (χ3n) is 1.27. The first-order valence-corrected chi connectivity index (χ1v) is 3.19. The van der Waals surface area contributed by atoms with Gasteiger partial charge in [-0.05, 0) is 28.5 Å². The van der Waals surface area contributed by atoms with E-state index in [2.05, 4.69) is 4.98 Å². The maximum atomic E-state index is 10.2. The zero-order valence-corrected chi connectivity index (χ0v) is 6.37. The molecule has 0 aliphatic rings. The average Bonchev–Trinajstić information content (AvgIpc) is 1.85. The van der Waals surface area contributed by atoms with Crippen LogP contribution in [0.15, 0.2) is 12.1 Å². The summed E-state index contributed by atoms with van der Waals surface area (Å²) in [6.07, 6.45) is 0. The molecule has 0 bridgehead atoms. The van der Waals surface area contributed by atoms with E-state index in [0.29, 0.717) is 5.69 Å². The van der Waals surface area contributed by atoms with Crippen molar-refractivity contribution in [2.24, 2.45) is 0 Å². The Hall–Kier alpha value is -1.45. The summed E-state index contributed by atoms with van der Waals surface area (Å²) in [5.41, 5.74) is 1.54. The normalized spacial score (nSPS) is 9.64. The monoisotopic (exact) mass is 152 g/mol. The van der Waals surface area contributed by atoms with Gasteiger partial charge in [-0.15, -0.1) is 0 Å². The molecule has 4 heteroatoms. The number of hydrogen-bond acceptors (Lipinski definition) is 3. The first kappa shape index (κ1) is 7.65. The van der Waals surface area contributed by atoms with Crippen molar-refractivity contribution in [3.05, 3.63) is 33.5 Å². The first-order valence-electron chi connectivity index (χ1n) is 3.19. The van der Waals surface area contributed by atoms with Gasteiger partial charge in [0.2, 0.25) is 0 Å². The van der Waals surface area contributed by atoms with Crippen molar-refractivity contribution in [2.75, 3.05) is 0 Å². The van der Waals surface area contributed by atoms with Crippen LogP contribution in [0.25, 0.3) is 0 Å². The van der Waals surface area contributed by atoms with Crippen LogP contribution in [0, 0.1) is 24.0 Å². The molecule has 1 aromatic heterocycles. The van der Waals surface area contributed by atoms with Crippen LogP contribution in [0.1, 0.15) is 11.3 Å². The SMILES string of the molecule is Cc1cc(C)nc([N+](=O)[O-])c1. The Morgan fingerprint density at radius 1 is 1.45 bits per heavy atom. The maximum absolute atomic E-state index is 10.2. The van der Waals surface area contributed by atoms with Gasteiger partial charge in [-0.3, -0.25) is 0 Å². The van der Waals surface area contributed by atoms with Gasteiger partial charge >= 0.3 is 5.82 Å². The predicted octanol–water partition coefficient (Wildman–Crippen LogP) is 1.61. The molecule has 0 amide bonds. The first-order chi connectivity index (χ1) is 5.09. The third-order valence-corrected chi connectivity index (χ3v) is 1.27. The zero-order valence-electron chi connectivity index (χ0n) is 6.37. The second kappa shape index (κ2) is 2.65. The quantitative estimate of drug-likeness (QED) is 0.453. The maximum Gasteiger partial charge on any atom is 0.363 e. The molecule has 58 valence electrons. The highest BCUT2D eigenvalue weighted by atomic mass is 16.6. The van der Waals surface area contributed by atoms with E-state index in [1.54, 1.807) is 13.0 Å². The van der Waals surface area contributed by atoms with E-state index in [-0.39, 0.29) is 5.82 Å². The Bertz CT molecular complexity index is 276. The summed E-state index contributed by atoms with van der Waals surface area (Å²) in [6.45, 7) is 3.54. The van der Waals surface area contributed by atoms with Crippen molar-refractivity contribution < 1.29 is 4.92 Å². The number of pyridine rings is 1. The van der Waals surface area contributed by atoms with Crippen LogP contribution >= 0.6 is 0 Å². The highest BCUT2D eigenvalue weighted by molar-refractivity contribution is 5.27. The van der Waals surface area contributed by atoms with Crippen LogP contribution in [0.4, 0.5) is 5.82 Å². The highest BCUT2D eigenvalue weighted by Gasteiger charge is 2.07. The Morgan fingerprint density at radius 3 is 2.55 bits per heavy atom. The number of aryl methyl sites for hydroxylation is 2. The molecular weight excluding hydrogens is 144 g/mol. The summed E-state index contributed by atoms with van der Waals surface area (Å²) >= 11 is 0. The lowest BCUT2D eigenvalue weighted by molar-refractivity contribution is -0.389. The van der Waals surface area contributed by atoms with Gasteiger partial charge in [0.1, 0.15) is 5.69 Å². The van der Waals surface area contributed by atoms with Gasteiger partial charge in [-0.25, -0.2) is 0 Å². The molecule has 0 unspecified atom stereocenters. The Kier molecular flexibility index (Phi) is 1.85. The minimum Gasteiger partial charge on any atom is -0.358 e. The van der Waals surface area contributed by atoms with Crippen LogP contribution in [0.5, 0.6) is 0 Å². The summed E-state index contributed by atoms with van der Waals surface area (Å²) < 4.78 is 0. The van der Waals surface area contributed by atoms with Gasteiger partial charge in [-0.1, -0.05) is 0 Å². The molecule has 0 aliphatic carbocycles. The van der Waals surface area contributed by atoms with Gasteiger partial charge in [0.05, 0.1) is 0 Å². The van der Waals surface area contributed by atoms with Crippen molar-refractivity contribution in [3.63, 3.8) is 0 Å². The minimum absolute atomic E-state index is 0.0810. The van der Waals surface area contributed by atoms with Crippen molar-refractivity contribution in [1.82, 2.24) is 4.98 Å². The third kappa shape index (κ3) is 1.73. The van der Waals surface area contributed by atoms with Crippen LogP contribution in [0.3, 0.4) is 0 Å². The van der Waals surface area contributed by atoms with Gasteiger partial charge in [0.15, 0.2) is 0 Å². The smallest absolute Gasteiger partial charge is 0.358 e. The van der Waals surface area contributed by atoms with Crippen molar-refractivity contribution in [3.8, 4) is 0 Å². The zero-order chi connectivity index (χ0) is 8.43. The molecule has 0 atom stereocenters. The van der Waals surface area contributed by atoms with E-state index >= 15 is 0 Å². The summed E-state index contributed by atoms with van der Waals surface area (Å²) in [6, 6.07) is 3.25. The van der Waals surface area contributed by atoms with Crippen LogP contribution in [0.2, 0.25) is 0 Å². The lowest BCUT2D eigenvalue weighted by Crippen LogP contribution is -1.94. The van der Waals surface area contributed by atoms with Crippen molar-refractivity contribution in [1.29, 1.82) is 0 Å². The largest absolute Gasteiger partial charge is 0.363 e. The fraction of sp³-hybridized carbons (Fsp3) is 0.286. The van der Waals surface area contributed by atoms with Crippen LogP contribution in [-0.4, -0.2) is 9.91 Å². The number of nitro groups is 1. The van der Waals surface area contributed by atoms with E-state index in [4.69, 9.17) is 0 Å². The molecule has 0 radical (unpaired) electrons. The summed E-state index contributed by atoms with van der Waals surface area (Å²) in [4.78, 5) is 13.5. The van der Waals surface area contributed by atoms with Gasteiger partial charge in [0, 0.05) is 13.0 Å². The number of aromatic nitrogens is 1. The van der Waals surface area contributed by atoms with E-state index < -0.39 is 4.92 Å². The van der Waals surface area contributed by atoms with Crippen LogP contribution < -0.4 is 0 Å². The minimum atomic E-state index is -0.486. The number of nitrogens with zero attached hydrogens (tertiary/aromatic N) is 2. The summed E-state index contributed by atoms with van der Waals surface area (Å²) in [5.74, 6) is -0.0810. The fourth-order valence-corrected chi connectivity index (χ4v) is 0.914. The second-order valence-electron chi connectivity index (χ2n) is 2.40. The average molecular weight is 152 g/mol. The molecule has 0 saturated heterocycles. The molecule has 0 N–H and O–H groups in total. The van der Waals surface area contributed by atoms with Crippen molar-refractivity contribution >= 4 is 5.82 Å². The highest BCUT2D eigenvalue weighted by Crippen LogP contribution is 2.10. The van der Waals surface area contributed by atoms with Crippen LogP contribution in [-0.2, 0) is 0 Å². The van der Waals surface area contributed by atoms with E-state index in [9.17, 15) is 10.1 Å². The standard InChI is InChI=1S/C7H8N2O2/c1-5-3-6(2)8-7(4-5)9(10)11/h3-4H,1-2H3. The molecular formula is C7H8N2O2. The molecule has 1 aromatic rings. The Labute approximate surface area is 64.0 Å². The van der Waals surface area contributed by atoms with Gasteiger partial charge in [-0.2, -0.15) is 0 Å². The van der Waals surface area contributed by atoms with Crippen molar-refractivity contribution in [2.45, 2.75) is 13.8 Å². The van der Waals surface area contributed by atoms with Gasteiger partial charge in [0.25, 0.3) is 0 Å². The lowest BCUT2D eigenvalue weighted by atomic mass is 10.2. The summed E-state index contributed by atoms with van der Waals surface area (Å²) in [7, 11) is 0. The topological polar surface area (TPSA) is 56.0 Å². The molecule has 0 saturated carbocycles. The molecule has 0 aromatic carbocycles. The predicted molar refractivity (Wildman–Crippen MR) is 40.4 cm³/mol. The van der Waals surface area contributed by atoms with Gasteiger partial charge < -0.3 is 10.1 Å². The Morgan fingerprint density at radius 2 is 2.09 bits per heavy atom. The summed E-state index contributed by atoms with van der Waals surface area (Å²) in [5, 5.41) is 10.2. The molecule has 0 aliphatic heterocycles. The molecule has 1 rings (SSSR count). The number of hydrogen-bond donors (Lipinski definition) is 0. The molecule has 11 heavy (non-hydrogen) atoms. The Balaban J connectivity index is 3.19. The molecule has 0 fully saturated rings. The molecule has 4 nitrogen and oxygen atoms in total. The van der Waals surface area contributed by atoms with E-state index in [1.165, 1.54) is 6.07 Å². The van der Waals surface area contributed by atoms with E-state index in [1.807, 2.05) is 6.92 Å².